The van der Waals surface area contributed by atoms with E-state index in [1.165, 1.54) is 37.7 Å². The van der Waals surface area contributed by atoms with Gasteiger partial charge < -0.3 is 0 Å². The molecule has 2 nitrogen and oxygen atoms in total. The van der Waals surface area contributed by atoms with E-state index in [9.17, 15) is 0 Å². The van der Waals surface area contributed by atoms with Crippen LogP contribution in [0.2, 0.25) is 0 Å². The lowest BCUT2D eigenvalue weighted by Gasteiger charge is -2.35. The molecule has 2 rings (SSSR count). The van der Waals surface area contributed by atoms with Crippen molar-refractivity contribution in [1.82, 2.24) is 5.48 Å². The fourth-order valence-corrected chi connectivity index (χ4v) is 3.33. The third kappa shape index (κ3) is 4.08. The molecule has 0 bridgehead atoms. The molecule has 0 atom stereocenters. The third-order valence-corrected chi connectivity index (χ3v) is 5.02. The van der Waals surface area contributed by atoms with Crippen LogP contribution in [0.15, 0.2) is 30.3 Å². The first kappa shape index (κ1) is 14.0. The molecule has 18 heavy (non-hydrogen) atoms. The van der Waals surface area contributed by atoms with E-state index in [1.54, 1.807) is 0 Å². The van der Waals surface area contributed by atoms with Gasteiger partial charge in [-0.25, -0.2) is 5.48 Å². The monoisotopic (exact) mass is 311 g/mol. The molecule has 0 spiro atoms. The molecule has 1 N–H and O–H groups in total. The molecular weight excluding hydrogens is 290 g/mol. The highest BCUT2D eigenvalue weighted by Crippen LogP contribution is 2.37. The van der Waals surface area contributed by atoms with Gasteiger partial charge in [-0.05, 0) is 23.8 Å². The van der Waals surface area contributed by atoms with E-state index < -0.39 is 0 Å². The number of hydroxylamine groups is 1. The fourth-order valence-electron chi connectivity index (χ4n) is 2.57. The Balaban J connectivity index is 1.71. The van der Waals surface area contributed by atoms with Gasteiger partial charge >= 0.3 is 0 Å². The Kier molecular flexibility index (Phi) is 5.67. The van der Waals surface area contributed by atoms with E-state index in [0.717, 1.165) is 11.9 Å². The van der Waals surface area contributed by atoms with Crippen molar-refractivity contribution in [2.45, 2.75) is 38.7 Å². The average molecular weight is 312 g/mol. The SMILES string of the molecule is BrCC1(CNOCc2ccccc2)CCCCC1. The maximum atomic E-state index is 5.58. The van der Waals surface area contributed by atoms with Crippen LogP contribution in [0.4, 0.5) is 0 Å². The minimum absolute atomic E-state index is 0.398. The van der Waals surface area contributed by atoms with Crippen LogP contribution in [0.25, 0.3) is 0 Å². The van der Waals surface area contributed by atoms with Gasteiger partial charge in [0, 0.05) is 11.9 Å². The topological polar surface area (TPSA) is 21.3 Å². The fraction of sp³-hybridized carbons (Fsp3) is 0.600. The van der Waals surface area contributed by atoms with Gasteiger partial charge in [0.15, 0.2) is 0 Å². The molecule has 0 amide bonds. The number of alkyl halides is 1. The maximum absolute atomic E-state index is 5.58. The molecule has 1 saturated carbocycles. The average Bonchev–Trinajstić information content (AvgIpc) is 2.46. The highest BCUT2D eigenvalue weighted by Gasteiger charge is 2.30. The lowest BCUT2D eigenvalue weighted by Crippen LogP contribution is -2.37. The molecule has 1 fully saturated rings. The Bertz CT molecular complexity index is 336. The van der Waals surface area contributed by atoms with Crippen molar-refractivity contribution < 1.29 is 4.84 Å². The standard InChI is InChI=1S/C15H22BrNO/c16-12-15(9-5-2-6-10-15)13-17-18-11-14-7-3-1-4-8-14/h1,3-4,7-8,17H,2,5-6,9-13H2. The lowest BCUT2D eigenvalue weighted by molar-refractivity contribution is 0.000873. The van der Waals surface area contributed by atoms with Crippen LogP contribution in [-0.4, -0.2) is 11.9 Å². The lowest BCUT2D eigenvalue weighted by atomic mass is 9.76. The molecule has 0 aliphatic heterocycles. The predicted molar refractivity (Wildman–Crippen MR) is 78.5 cm³/mol. The molecular formula is C15H22BrNO. The van der Waals surface area contributed by atoms with E-state index in [1.807, 2.05) is 18.2 Å². The molecule has 0 radical (unpaired) electrons. The first-order chi connectivity index (χ1) is 8.85. The van der Waals surface area contributed by atoms with Gasteiger partial charge in [0.1, 0.15) is 0 Å². The predicted octanol–water partition coefficient (Wildman–Crippen LogP) is 4.05. The minimum atomic E-state index is 0.398. The van der Waals surface area contributed by atoms with Crippen molar-refractivity contribution in [1.29, 1.82) is 0 Å². The van der Waals surface area contributed by atoms with Crippen molar-refractivity contribution in [2.24, 2.45) is 5.41 Å². The molecule has 1 aliphatic carbocycles. The Labute approximate surface area is 118 Å². The van der Waals surface area contributed by atoms with Crippen molar-refractivity contribution in [3.63, 3.8) is 0 Å². The molecule has 1 aromatic carbocycles. The first-order valence-electron chi connectivity index (χ1n) is 6.79. The van der Waals surface area contributed by atoms with E-state index >= 15 is 0 Å². The normalized spacial score (nSPS) is 18.7. The number of nitrogens with one attached hydrogen (secondary N) is 1. The minimum Gasteiger partial charge on any atom is -0.297 e. The summed E-state index contributed by atoms with van der Waals surface area (Å²) in [6, 6.07) is 10.3. The summed E-state index contributed by atoms with van der Waals surface area (Å²) in [6.07, 6.45) is 6.71. The maximum Gasteiger partial charge on any atom is 0.0933 e. The molecule has 0 heterocycles. The van der Waals surface area contributed by atoms with Gasteiger partial charge in [0.2, 0.25) is 0 Å². The van der Waals surface area contributed by atoms with Gasteiger partial charge in [-0.15, -0.1) is 0 Å². The zero-order valence-corrected chi connectivity index (χ0v) is 12.4. The Morgan fingerprint density at radius 3 is 2.50 bits per heavy atom. The summed E-state index contributed by atoms with van der Waals surface area (Å²) < 4.78 is 0. The molecule has 3 heteroatoms. The highest BCUT2D eigenvalue weighted by molar-refractivity contribution is 9.09. The molecule has 0 aromatic heterocycles. The van der Waals surface area contributed by atoms with E-state index in [4.69, 9.17) is 4.84 Å². The zero-order chi connectivity index (χ0) is 12.7. The summed E-state index contributed by atoms with van der Waals surface area (Å²) in [7, 11) is 0. The van der Waals surface area contributed by atoms with Gasteiger partial charge in [-0.2, -0.15) is 0 Å². The number of hydrogen-bond acceptors (Lipinski definition) is 2. The number of halogens is 1. The van der Waals surface area contributed by atoms with E-state index in [-0.39, 0.29) is 0 Å². The van der Waals surface area contributed by atoms with Gasteiger partial charge in [0.05, 0.1) is 6.61 Å². The molecule has 0 unspecified atom stereocenters. The molecule has 0 saturated heterocycles. The van der Waals surface area contributed by atoms with Gasteiger partial charge in [-0.1, -0.05) is 65.5 Å². The molecule has 100 valence electrons. The second kappa shape index (κ2) is 7.27. The summed E-state index contributed by atoms with van der Waals surface area (Å²) in [5, 5.41) is 1.07. The number of rotatable bonds is 6. The van der Waals surface area contributed by atoms with Crippen LogP contribution < -0.4 is 5.48 Å². The summed E-state index contributed by atoms with van der Waals surface area (Å²) in [5.41, 5.74) is 4.77. The quantitative estimate of drug-likeness (QED) is 0.486. The molecule has 1 aliphatic rings. The van der Waals surface area contributed by atoms with Crippen molar-refractivity contribution in [3.8, 4) is 0 Å². The smallest absolute Gasteiger partial charge is 0.0933 e. The van der Waals surface area contributed by atoms with Crippen LogP contribution in [0.5, 0.6) is 0 Å². The van der Waals surface area contributed by atoms with Crippen molar-refractivity contribution in [3.05, 3.63) is 35.9 Å². The van der Waals surface area contributed by atoms with Crippen LogP contribution in [0, 0.1) is 5.41 Å². The van der Waals surface area contributed by atoms with Gasteiger partial charge in [-0.3, -0.25) is 4.84 Å². The second-order valence-corrected chi connectivity index (χ2v) is 5.85. The Morgan fingerprint density at radius 2 is 1.83 bits per heavy atom. The molecule has 1 aromatic rings. The van der Waals surface area contributed by atoms with Crippen molar-refractivity contribution >= 4 is 15.9 Å². The number of hydrogen-bond donors (Lipinski definition) is 1. The summed E-state index contributed by atoms with van der Waals surface area (Å²) in [5.74, 6) is 0. The first-order valence-corrected chi connectivity index (χ1v) is 7.91. The summed E-state index contributed by atoms with van der Waals surface area (Å²) in [4.78, 5) is 5.58. The third-order valence-electron chi connectivity index (χ3n) is 3.83. The highest BCUT2D eigenvalue weighted by atomic mass is 79.9. The van der Waals surface area contributed by atoms with Crippen LogP contribution in [0.1, 0.15) is 37.7 Å². The Morgan fingerprint density at radius 1 is 1.11 bits per heavy atom. The largest absolute Gasteiger partial charge is 0.297 e. The summed E-state index contributed by atoms with van der Waals surface area (Å²) >= 11 is 3.67. The van der Waals surface area contributed by atoms with Gasteiger partial charge in [0.25, 0.3) is 0 Å². The second-order valence-electron chi connectivity index (χ2n) is 5.29. The van der Waals surface area contributed by atoms with Crippen LogP contribution in [0.3, 0.4) is 0 Å². The summed E-state index contributed by atoms with van der Waals surface area (Å²) in [6.45, 7) is 1.59. The van der Waals surface area contributed by atoms with Crippen molar-refractivity contribution in [2.75, 3.05) is 11.9 Å². The van der Waals surface area contributed by atoms with E-state index in [0.29, 0.717) is 12.0 Å². The van der Waals surface area contributed by atoms with Crippen LogP contribution >= 0.6 is 15.9 Å². The van der Waals surface area contributed by atoms with Crippen LogP contribution in [-0.2, 0) is 11.4 Å². The number of benzene rings is 1. The van der Waals surface area contributed by atoms with E-state index in [2.05, 4.69) is 33.5 Å². The Hall–Kier alpha value is -0.380. The zero-order valence-electron chi connectivity index (χ0n) is 10.8.